The van der Waals surface area contributed by atoms with Gasteiger partial charge < -0.3 is 10.6 Å². The van der Waals surface area contributed by atoms with Crippen LogP contribution in [-0.2, 0) is 14.8 Å². The summed E-state index contributed by atoms with van der Waals surface area (Å²) in [7, 11) is -4.02. The Morgan fingerprint density at radius 3 is 1.97 bits per heavy atom. The lowest BCUT2D eigenvalue weighted by Gasteiger charge is -2.23. The zero-order valence-corrected chi connectivity index (χ0v) is 16.9. The number of rotatable bonds is 7. The third-order valence-electron chi connectivity index (χ3n) is 4.12. The molecule has 0 fully saturated rings. The van der Waals surface area contributed by atoms with E-state index in [9.17, 15) is 18.0 Å². The van der Waals surface area contributed by atoms with E-state index in [2.05, 4.69) is 16.1 Å². The molecule has 9 heteroatoms. The van der Waals surface area contributed by atoms with Crippen molar-refractivity contribution in [3.63, 3.8) is 0 Å². The summed E-state index contributed by atoms with van der Waals surface area (Å²) in [6.45, 7) is 1.84. The normalized spacial score (nSPS) is 10.7. The number of amides is 3. The molecule has 0 heterocycles. The third-order valence-corrected chi connectivity index (χ3v) is 5.79. The van der Waals surface area contributed by atoms with Gasteiger partial charge in [0.1, 0.15) is 0 Å². The number of sulfonamides is 1. The Balaban J connectivity index is 1.77. The number of hydrogen-bond donors (Lipinski definition) is 3. The molecule has 154 valence electrons. The molecule has 0 aromatic heterocycles. The van der Waals surface area contributed by atoms with Crippen molar-refractivity contribution in [3.05, 3.63) is 84.4 Å². The topological polar surface area (TPSA) is 108 Å². The number of anilines is 3. The molecule has 0 aliphatic rings. The lowest BCUT2D eigenvalue weighted by molar-refractivity contribution is -0.109. The number of nitrogens with one attached hydrogen (secondary N) is 3. The number of aryl methyl sites for hydroxylation is 1. The minimum Gasteiger partial charge on any atom is -0.308 e. The molecule has 0 spiro atoms. The zero-order valence-electron chi connectivity index (χ0n) is 16.1. The van der Waals surface area contributed by atoms with Gasteiger partial charge in [-0.2, -0.15) is 12.8 Å². The molecule has 3 aromatic rings. The van der Waals surface area contributed by atoms with Gasteiger partial charge in [0.25, 0.3) is 10.0 Å². The van der Waals surface area contributed by atoms with Crippen LogP contribution in [0.3, 0.4) is 0 Å². The minimum atomic E-state index is -4.02. The first kappa shape index (κ1) is 20.9. The SMILES string of the molecule is Cc1ccc(S(=O)(=O)N(NC=O)c2ccc(NC(=O)Nc3ccccc3)cc2)cc1. The van der Waals surface area contributed by atoms with E-state index in [0.29, 0.717) is 11.4 Å². The molecule has 0 saturated carbocycles. The summed E-state index contributed by atoms with van der Waals surface area (Å²) < 4.78 is 26.6. The Morgan fingerprint density at radius 2 is 1.40 bits per heavy atom. The first-order valence-corrected chi connectivity index (χ1v) is 10.4. The summed E-state index contributed by atoms with van der Waals surface area (Å²) in [6.07, 6.45) is 0.283. The summed E-state index contributed by atoms with van der Waals surface area (Å²) >= 11 is 0. The number of nitrogens with zero attached hydrogens (tertiary/aromatic N) is 1. The molecule has 0 bridgehead atoms. The van der Waals surface area contributed by atoms with E-state index in [1.807, 2.05) is 13.0 Å². The van der Waals surface area contributed by atoms with Gasteiger partial charge in [-0.25, -0.2) is 4.79 Å². The lowest BCUT2D eigenvalue weighted by atomic mass is 10.2. The second kappa shape index (κ2) is 9.10. The summed E-state index contributed by atoms with van der Waals surface area (Å²) in [6, 6.07) is 20.8. The van der Waals surface area contributed by atoms with Crippen LogP contribution in [0, 0.1) is 6.92 Å². The Bertz CT molecular complexity index is 1120. The molecule has 0 unspecified atom stereocenters. The highest BCUT2D eigenvalue weighted by Gasteiger charge is 2.25. The molecule has 3 amide bonds. The fourth-order valence-electron chi connectivity index (χ4n) is 2.64. The van der Waals surface area contributed by atoms with Crippen LogP contribution in [0.1, 0.15) is 5.56 Å². The maximum Gasteiger partial charge on any atom is 0.323 e. The number of para-hydroxylation sites is 1. The molecule has 8 nitrogen and oxygen atoms in total. The van der Waals surface area contributed by atoms with Crippen molar-refractivity contribution in [2.75, 3.05) is 15.0 Å². The Kier molecular flexibility index (Phi) is 6.33. The van der Waals surface area contributed by atoms with Gasteiger partial charge in [0.05, 0.1) is 10.6 Å². The van der Waals surface area contributed by atoms with Crippen LogP contribution in [-0.4, -0.2) is 20.9 Å². The van der Waals surface area contributed by atoms with Gasteiger partial charge in [0.15, 0.2) is 0 Å². The predicted octanol–water partition coefficient (Wildman–Crippen LogP) is 3.50. The van der Waals surface area contributed by atoms with E-state index < -0.39 is 16.1 Å². The van der Waals surface area contributed by atoms with Crippen LogP contribution < -0.4 is 20.5 Å². The van der Waals surface area contributed by atoms with E-state index in [1.165, 1.54) is 36.4 Å². The van der Waals surface area contributed by atoms with Crippen molar-refractivity contribution in [2.24, 2.45) is 0 Å². The highest BCUT2D eigenvalue weighted by Crippen LogP contribution is 2.24. The highest BCUT2D eigenvalue weighted by atomic mass is 32.2. The van der Waals surface area contributed by atoms with E-state index in [0.717, 1.165) is 9.98 Å². The molecular weight excluding hydrogens is 404 g/mol. The fourth-order valence-corrected chi connectivity index (χ4v) is 3.91. The Hall–Kier alpha value is -3.85. The van der Waals surface area contributed by atoms with Crippen molar-refractivity contribution in [2.45, 2.75) is 11.8 Å². The minimum absolute atomic E-state index is 0.0342. The van der Waals surface area contributed by atoms with E-state index in [-0.39, 0.29) is 17.0 Å². The predicted molar refractivity (Wildman–Crippen MR) is 116 cm³/mol. The van der Waals surface area contributed by atoms with E-state index in [1.54, 1.807) is 36.4 Å². The van der Waals surface area contributed by atoms with Gasteiger partial charge in [0, 0.05) is 11.4 Å². The first-order chi connectivity index (χ1) is 14.4. The number of carbonyl (C=O) groups is 2. The molecule has 3 N–H and O–H groups in total. The molecule has 3 aromatic carbocycles. The monoisotopic (exact) mass is 424 g/mol. The van der Waals surface area contributed by atoms with Crippen LogP contribution in [0.4, 0.5) is 21.9 Å². The smallest absolute Gasteiger partial charge is 0.308 e. The second-order valence-electron chi connectivity index (χ2n) is 6.32. The maximum absolute atomic E-state index is 12.9. The average Bonchev–Trinajstić information content (AvgIpc) is 2.73. The molecule has 0 aliphatic carbocycles. The average molecular weight is 424 g/mol. The molecule has 0 aliphatic heterocycles. The number of hydrogen-bond acceptors (Lipinski definition) is 4. The summed E-state index contributed by atoms with van der Waals surface area (Å²) in [5.74, 6) is 0. The number of urea groups is 1. The Labute approximate surface area is 174 Å². The van der Waals surface area contributed by atoms with Gasteiger partial charge in [-0.3, -0.25) is 10.2 Å². The zero-order chi connectivity index (χ0) is 21.6. The molecule has 0 saturated heterocycles. The van der Waals surface area contributed by atoms with Gasteiger partial charge in [-0.15, -0.1) is 0 Å². The summed E-state index contributed by atoms with van der Waals surface area (Å²) in [5.41, 5.74) is 4.41. The number of carbonyl (C=O) groups excluding carboxylic acids is 2. The highest BCUT2D eigenvalue weighted by molar-refractivity contribution is 7.92. The first-order valence-electron chi connectivity index (χ1n) is 8.95. The maximum atomic E-state index is 12.9. The molecule has 3 rings (SSSR count). The van der Waals surface area contributed by atoms with Gasteiger partial charge in [0.2, 0.25) is 6.41 Å². The Morgan fingerprint density at radius 1 is 0.833 bits per heavy atom. The summed E-state index contributed by atoms with van der Waals surface area (Å²) in [5, 5.41) is 5.34. The van der Waals surface area contributed by atoms with Crippen molar-refractivity contribution in [1.82, 2.24) is 5.43 Å². The largest absolute Gasteiger partial charge is 0.323 e. The van der Waals surface area contributed by atoms with Gasteiger partial charge >= 0.3 is 6.03 Å². The van der Waals surface area contributed by atoms with Crippen molar-refractivity contribution in [3.8, 4) is 0 Å². The van der Waals surface area contributed by atoms with Crippen LogP contribution in [0.15, 0.2) is 83.8 Å². The summed E-state index contributed by atoms with van der Waals surface area (Å²) in [4.78, 5) is 23.1. The second-order valence-corrected chi connectivity index (χ2v) is 8.11. The quantitative estimate of drug-likeness (QED) is 0.398. The standard InChI is InChI=1S/C21H20N4O4S/c1-16-7-13-20(14-8-16)30(28,29)25(22-15-26)19-11-9-18(10-12-19)24-21(27)23-17-5-3-2-4-6-17/h2-15H,1H3,(H,22,26)(H2,23,24,27). The van der Waals surface area contributed by atoms with Crippen LogP contribution >= 0.6 is 0 Å². The van der Waals surface area contributed by atoms with Crippen LogP contribution in [0.25, 0.3) is 0 Å². The number of hydrazine groups is 1. The van der Waals surface area contributed by atoms with Crippen LogP contribution in [0.2, 0.25) is 0 Å². The van der Waals surface area contributed by atoms with Crippen molar-refractivity contribution < 1.29 is 18.0 Å². The van der Waals surface area contributed by atoms with Crippen LogP contribution in [0.5, 0.6) is 0 Å². The van der Waals surface area contributed by atoms with Crippen molar-refractivity contribution >= 4 is 39.5 Å². The number of benzene rings is 3. The molecule has 0 radical (unpaired) electrons. The fraction of sp³-hybridized carbons (Fsp3) is 0.0476. The van der Waals surface area contributed by atoms with Gasteiger partial charge in [-0.1, -0.05) is 35.9 Å². The molecule has 0 atom stereocenters. The third kappa shape index (κ3) is 4.95. The van der Waals surface area contributed by atoms with Gasteiger partial charge in [-0.05, 0) is 55.5 Å². The molecule has 30 heavy (non-hydrogen) atoms. The van der Waals surface area contributed by atoms with E-state index in [4.69, 9.17) is 0 Å². The lowest BCUT2D eigenvalue weighted by Crippen LogP contribution is -2.42. The molecular formula is C21H20N4O4S. The van der Waals surface area contributed by atoms with Crippen molar-refractivity contribution in [1.29, 1.82) is 0 Å². The van der Waals surface area contributed by atoms with E-state index >= 15 is 0 Å².